The third-order valence-corrected chi connectivity index (χ3v) is 4.23. The third kappa shape index (κ3) is 2.77. The molecule has 5 heteroatoms. The molecular weight excluding hydrogens is 264 g/mol. The van der Waals surface area contributed by atoms with Crippen LogP contribution in [0.2, 0.25) is 0 Å². The Kier molecular flexibility index (Phi) is 3.64. The molecule has 0 unspecified atom stereocenters. The van der Waals surface area contributed by atoms with Crippen molar-refractivity contribution in [2.75, 3.05) is 23.7 Å². The number of nitrogen functional groups attached to an aromatic ring is 1. The van der Waals surface area contributed by atoms with Gasteiger partial charge in [-0.25, -0.2) is 0 Å². The predicted molar refractivity (Wildman–Crippen MR) is 84.9 cm³/mol. The molecule has 0 aliphatic carbocycles. The van der Waals surface area contributed by atoms with Crippen molar-refractivity contribution < 1.29 is 4.79 Å². The fourth-order valence-electron chi connectivity index (χ4n) is 3.10. The number of piperidine rings is 1. The molecule has 21 heavy (non-hydrogen) atoms. The summed E-state index contributed by atoms with van der Waals surface area (Å²) >= 11 is 0. The van der Waals surface area contributed by atoms with E-state index >= 15 is 0 Å². The Balaban J connectivity index is 1.83. The number of rotatable bonds is 3. The number of carbonyl (C=O) groups is 1. The molecular formula is C16H20N4O. The van der Waals surface area contributed by atoms with E-state index in [9.17, 15) is 4.79 Å². The van der Waals surface area contributed by atoms with Crippen LogP contribution in [0.4, 0.5) is 11.4 Å². The molecule has 0 bridgehead atoms. The Hall–Kier alpha value is -2.30. The van der Waals surface area contributed by atoms with E-state index in [-0.39, 0.29) is 5.91 Å². The summed E-state index contributed by atoms with van der Waals surface area (Å²) in [5.41, 5.74) is 14.1. The van der Waals surface area contributed by atoms with Gasteiger partial charge >= 0.3 is 0 Å². The van der Waals surface area contributed by atoms with Crippen molar-refractivity contribution >= 4 is 28.2 Å². The fraction of sp³-hybridized carbons (Fsp3) is 0.375. The highest BCUT2D eigenvalue weighted by atomic mass is 16.1. The van der Waals surface area contributed by atoms with Gasteiger partial charge in [-0.1, -0.05) is 0 Å². The van der Waals surface area contributed by atoms with Gasteiger partial charge in [0.25, 0.3) is 0 Å². The zero-order chi connectivity index (χ0) is 14.8. The van der Waals surface area contributed by atoms with Gasteiger partial charge in [0.1, 0.15) is 0 Å². The highest BCUT2D eigenvalue weighted by Crippen LogP contribution is 2.32. The van der Waals surface area contributed by atoms with Crippen LogP contribution in [0.1, 0.15) is 19.3 Å². The lowest BCUT2D eigenvalue weighted by Gasteiger charge is -2.33. The van der Waals surface area contributed by atoms with Gasteiger partial charge < -0.3 is 16.4 Å². The van der Waals surface area contributed by atoms with Crippen LogP contribution in [0, 0.1) is 5.92 Å². The van der Waals surface area contributed by atoms with E-state index in [0.29, 0.717) is 12.3 Å². The zero-order valence-electron chi connectivity index (χ0n) is 12.0. The van der Waals surface area contributed by atoms with Crippen molar-refractivity contribution in [2.45, 2.75) is 19.3 Å². The van der Waals surface area contributed by atoms with Crippen LogP contribution in [0.25, 0.3) is 10.9 Å². The summed E-state index contributed by atoms with van der Waals surface area (Å²) in [5.74, 6) is 0.208. The molecule has 1 aliphatic heterocycles. The van der Waals surface area contributed by atoms with E-state index in [2.05, 4.69) is 9.88 Å². The SMILES string of the molecule is NC(=O)CC1CCN(c2ccc(N)c3cccnc23)CC1. The lowest BCUT2D eigenvalue weighted by molar-refractivity contribution is -0.119. The quantitative estimate of drug-likeness (QED) is 0.843. The van der Waals surface area contributed by atoms with Crippen molar-refractivity contribution in [3.63, 3.8) is 0 Å². The number of aromatic nitrogens is 1. The molecule has 3 rings (SSSR count). The van der Waals surface area contributed by atoms with Crippen molar-refractivity contribution in [1.82, 2.24) is 4.98 Å². The zero-order valence-corrected chi connectivity index (χ0v) is 12.0. The Bertz CT molecular complexity index is 662. The van der Waals surface area contributed by atoms with E-state index in [4.69, 9.17) is 11.5 Å². The predicted octanol–water partition coefficient (Wildman–Crippen LogP) is 1.91. The van der Waals surface area contributed by atoms with Crippen LogP contribution in [0.5, 0.6) is 0 Å². The number of amides is 1. The third-order valence-electron chi connectivity index (χ3n) is 4.23. The number of benzene rings is 1. The van der Waals surface area contributed by atoms with Crippen molar-refractivity contribution in [3.05, 3.63) is 30.5 Å². The van der Waals surface area contributed by atoms with Gasteiger partial charge in [-0.15, -0.1) is 0 Å². The number of primary amides is 1. The smallest absolute Gasteiger partial charge is 0.217 e. The van der Waals surface area contributed by atoms with Gasteiger partial charge in [0.05, 0.1) is 11.2 Å². The van der Waals surface area contributed by atoms with Gasteiger partial charge in [0.2, 0.25) is 5.91 Å². The maximum absolute atomic E-state index is 11.0. The molecule has 0 atom stereocenters. The number of nitrogens with zero attached hydrogens (tertiary/aromatic N) is 2. The van der Waals surface area contributed by atoms with E-state index in [0.717, 1.165) is 48.2 Å². The average molecular weight is 284 g/mol. The molecule has 1 aromatic carbocycles. The standard InChI is InChI=1S/C16H20N4O/c17-13-3-4-14(16-12(13)2-1-7-19-16)20-8-5-11(6-9-20)10-15(18)21/h1-4,7,11H,5-6,8-10,17H2,(H2,18,21). The molecule has 1 aromatic heterocycles. The van der Waals surface area contributed by atoms with Crippen LogP contribution in [0.15, 0.2) is 30.5 Å². The minimum atomic E-state index is -0.201. The summed E-state index contributed by atoms with van der Waals surface area (Å²) in [7, 11) is 0. The lowest BCUT2D eigenvalue weighted by atomic mass is 9.93. The van der Waals surface area contributed by atoms with Crippen molar-refractivity contribution in [1.29, 1.82) is 0 Å². The summed E-state index contributed by atoms with van der Waals surface area (Å²) in [5, 5.41) is 0.995. The number of fused-ring (bicyclic) bond motifs is 1. The first-order valence-corrected chi connectivity index (χ1v) is 7.31. The molecule has 2 heterocycles. The van der Waals surface area contributed by atoms with Gasteiger partial charge in [-0.05, 0) is 43.0 Å². The molecule has 4 N–H and O–H groups in total. The van der Waals surface area contributed by atoms with E-state index in [1.54, 1.807) is 6.20 Å². The molecule has 0 saturated carbocycles. The number of nitrogens with two attached hydrogens (primary N) is 2. The second kappa shape index (κ2) is 5.60. The molecule has 1 fully saturated rings. The highest BCUT2D eigenvalue weighted by Gasteiger charge is 2.22. The largest absolute Gasteiger partial charge is 0.398 e. The first kappa shape index (κ1) is 13.7. The van der Waals surface area contributed by atoms with E-state index in [1.807, 2.05) is 24.3 Å². The number of carbonyl (C=O) groups excluding carboxylic acids is 1. The molecule has 1 saturated heterocycles. The lowest BCUT2D eigenvalue weighted by Crippen LogP contribution is -2.35. The summed E-state index contributed by atoms with van der Waals surface area (Å²) in [6.45, 7) is 1.85. The Morgan fingerprint density at radius 2 is 2.05 bits per heavy atom. The minimum Gasteiger partial charge on any atom is -0.398 e. The van der Waals surface area contributed by atoms with Crippen LogP contribution in [-0.2, 0) is 4.79 Å². The Labute approximate surface area is 123 Å². The molecule has 0 radical (unpaired) electrons. The van der Waals surface area contributed by atoms with Crippen molar-refractivity contribution in [3.8, 4) is 0 Å². The fourth-order valence-corrected chi connectivity index (χ4v) is 3.10. The molecule has 1 amide bonds. The molecule has 2 aromatic rings. The summed E-state index contributed by atoms with van der Waals surface area (Å²) < 4.78 is 0. The first-order valence-electron chi connectivity index (χ1n) is 7.31. The van der Waals surface area contributed by atoms with Gasteiger partial charge in [0, 0.05) is 36.8 Å². The summed E-state index contributed by atoms with van der Waals surface area (Å²) in [6, 6.07) is 7.89. The van der Waals surface area contributed by atoms with E-state index < -0.39 is 0 Å². The van der Waals surface area contributed by atoms with Crippen LogP contribution >= 0.6 is 0 Å². The van der Waals surface area contributed by atoms with Crippen molar-refractivity contribution in [2.24, 2.45) is 11.7 Å². The van der Waals surface area contributed by atoms with Crippen LogP contribution in [0.3, 0.4) is 0 Å². The molecule has 5 nitrogen and oxygen atoms in total. The molecule has 110 valence electrons. The average Bonchev–Trinajstić information content (AvgIpc) is 2.48. The summed E-state index contributed by atoms with van der Waals surface area (Å²) in [4.78, 5) is 17.8. The summed E-state index contributed by atoms with van der Waals surface area (Å²) in [6.07, 6.45) is 4.27. The second-order valence-corrected chi connectivity index (χ2v) is 5.67. The van der Waals surface area contributed by atoms with Gasteiger partial charge in [-0.2, -0.15) is 0 Å². The highest BCUT2D eigenvalue weighted by molar-refractivity contribution is 5.98. The number of hydrogen-bond acceptors (Lipinski definition) is 4. The number of hydrogen-bond donors (Lipinski definition) is 2. The first-order chi connectivity index (χ1) is 10.1. The normalized spacial score (nSPS) is 16.3. The topological polar surface area (TPSA) is 85.2 Å². The second-order valence-electron chi connectivity index (χ2n) is 5.67. The maximum atomic E-state index is 11.0. The van der Waals surface area contributed by atoms with Gasteiger partial charge in [-0.3, -0.25) is 9.78 Å². The minimum absolute atomic E-state index is 0.201. The Morgan fingerprint density at radius 1 is 1.29 bits per heavy atom. The van der Waals surface area contributed by atoms with Crippen LogP contribution in [-0.4, -0.2) is 24.0 Å². The van der Waals surface area contributed by atoms with Crippen LogP contribution < -0.4 is 16.4 Å². The van der Waals surface area contributed by atoms with Gasteiger partial charge in [0.15, 0.2) is 0 Å². The van der Waals surface area contributed by atoms with E-state index in [1.165, 1.54) is 0 Å². The Morgan fingerprint density at radius 3 is 2.76 bits per heavy atom. The monoisotopic (exact) mass is 284 g/mol. The molecule has 1 aliphatic rings. The number of pyridine rings is 1. The molecule has 0 spiro atoms. The number of anilines is 2. The maximum Gasteiger partial charge on any atom is 0.217 e.